The van der Waals surface area contributed by atoms with Gasteiger partial charge in [0.05, 0.1) is 31.4 Å². The molecule has 0 saturated carbocycles. The highest BCUT2D eigenvalue weighted by Gasteiger charge is 2.50. The van der Waals surface area contributed by atoms with E-state index in [9.17, 15) is 28.0 Å². The van der Waals surface area contributed by atoms with Crippen molar-refractivity contribution in [2.75, 3.05) is 0 Å². The first kappa shape index (κ1) is 27.0. The van der Waals surface area contributed by atoms with Gasteiger partial charge >= 0.3 is 5.92 Å². The van der Waals surface area contributed by atoms with E-state index in [-0.39, 0.29) is 22.7 Å². The Balaban J connectivity index is 1.58. The van der Waals surface area contributed by atoms with Crippen LogP contribution in [-0.2, 0) is 32.2 Å². The first-order valence-corrected chi connectivity index (χ1v) is 11.1. The van der Waals surface area contributed by atoms with E-state index in [4.69, 9.17) is 51.0 Å². The van der Waals surface area contributed by atoms with Crippen molar-refractivity contribution in [2.45, 2.75) is 35.5 Å². The number of hydrogen-bond acceptors (Lipinski definition) is 4. The summed E-state index contributed by atoms with van der Waals surface area (Å²) in [6, 6.07) is 6.81. The minimum atomic E-state index is -3.99. The number of hydrogen-bond donors (Lipinski definition) is 1. The maximum atomic E-state index is 14.7. The molecule has 7 nitrogen and oxygen atoms in total. The van der Waals surface area contributed by atoms with E-state index < -0.39 is 58.1 Å². The molecule has 0 aliphatic carbocycles. The van der Waals surface area contributed by atoms with Gasteiger partial charge in [-0.3, -0.25) is 19.2 Å². The number of rotatable bonds is 5. The van der Waals surface area contributed by atoms with Gasteiger partial charge in [0.2, 0.25) is 19.8 Å². The number of amides is 4. The highest BCUT2D eigenvalue weighted by molar-refractivity contribution is 6.46. The highest BCUT2D eigenvalue weighted by Crippen LogP contribution is 2.40. The summed E-state index contributed by atoms with van der Waals surface area (Å²) in [4.78, 5) is 51.4. The molecule has 1 unspecified atom stereocenters. The predicted octanol–water partition coefficient (Wildman–Crippen LogP) is 0.315. The van der Waals surface area contributed by atoms with E-state index in [1.165, 1.54) is 30.3 Å². The zero-order valence-corrected chi connectivity index (χ0v) is 19.8. The number of nitrogens with zero attached hydrogens (tertiary/aromatic N) is 2. The molecule has 2 aliphatic heterocycles. The Kier molecular flexibility index (Phi) is 6.63. The summed E-state index contributed by atoms with van der Waals surface area (Å²) in [7, 11) is 29.4. The molecule has 4 rings (SSSR count). The lowest BCUT2D eigenvalue weighted by atomic mass is 9.47. The summed E-state index contributed by atoms with van der Waals surface area (Å²) >= 11 is 5.71. The van der Waals surface area contributed by atoms with Crippen LogP contribution in [0.1, 0.15) is 33.5 Å². The number of carbonyl (C=O) groups excluding carboxylic acids is 4. The molecule has 176 valence electrons. The quantitative estimate of drug-likeness (QED) is 0.464. The second kappa shape index (κ2) is 9.08. The van der Waals surface area contributed by atoms with Crippen LogP contribution in [0.5, 0.6) is 0 Å². The Bertz CT molecular complexity index is 1330. The molecule has 1 atom stereocenters. The van der Waals surface area contributed by atoms with Crippen molar-refractivity contribution >= 4 is 74.6 Å². The summed E-state index contributed by atoms with van der Waals surface area (Å²) in [5.74, 6) is -8.17. The third-order valence-corrected chi connectivity index (χ3v) is 6.50. The van der Waals surface area contributed by atoms with Gasteiger partial charge in [-0.1, -0.05) is 41.1 Å². The Morgan fingerprint density at radius 2 is 1.65 bits per heavy atom. The van der Waals surface area contributed by atoms with Crippen LogP contribution < -0.4 is 5.32 Å². The van der Waals surface area contributed by atoms with Crippen LogP contribution >= 0.6 is 11.6 Å². The molecule has 0 aromatic heterocycles. The second-order valence-corrected chi connectivity index (χ2v) is 9.44. The maximum absolute atomic E-state index is 14.7. The molecule has 2 aliphatic rings. The van der Waals surface area contributed by atoms with E-state index in [1.807, 2.05) is 5.32 Å². The van der Waals surface area contributed by atoms with Crippen molar-refractivity contribution in [3.63, 3.8) is 0 Å². The third kappa shape index (κ3) is 4.71. The predicted molar refractivity (Wildman–Crippen MR) is 133 cm³/mol. The number of imide groups is 1. The maximum Gasteiger partial charge on any atom is 0.349 e. The van der Waals surface area contributed by atoms with Crippen molar-refractivity contribution in [3.8, 4) is 0 Å². The minimum absolute atomic E-state index is 0.0153. The molecule has 15 heteroatoms. The Labute approximate surface area is 222 Å². The fourth-order valence-corrected chi connectivity index (χ4v) is 4.42. The van der Waals surface area contributed by atoms with Gasteiger partial charge < -0.3 is 15.0 Å². The average molecular weight is 511 g/mol. The molecule has 1 N–H and O–H groups in total. The normalized spacial score (nSPS) is 19.6. The molecule has 2 aromatic carbocycles. The summed E-state index contributed by atoms with van der Waals surface area (Å²) in [6.07, 6.45) is -0.492. The Morgan fingerprint density at radius 1 is 1.05 bits per heavy atom. The van der Waals surface area contributed by atoms with Crippen molar-refractivity contribution in [1.29, 1.82) is 0 Å². The third-order valence-electron chi connectivity index (χ3n) is 6.25. The highest BCUT2D eigenvalue weighted by atomic mass is 35.5. The van der Waals surface area contributed by atoms with Crippen molar-refractivity contribution in [2.24, 2.45) is 0 Å². The van der Waals surface area contributed by atoms with Gasteiger partial charge in [0.15, 0.2) is 0 Å². The molecule has 10 radical (unpaired) electrons. The standard InChI is InChI=1S/C22H13B5ClF2N3O4/c23-20(24)8-15(34)33(27)18(36)16(20)32-9-10-7-12(3-6-14(10)17(32)35)22(25,26)31-19(37)21(29,30)11-1-4-13(28)5-2-11/h1-7,16H,8-9H2,(H,31,37). The molecule has 0 bridgehead atoms. The Hall–Kier alpha value is -3.01. The molecule has 4 amide bonds. The summed E-state index contributed by atoms with van der Waals surface area (Å²) in [5, 5.41) is -2.05. The molecule has 37 heavy (non-hydrogen) atoms. The smallest absolute Gasteiger partial charge is 0.349 e. The SMILES string of the molecule is [B]N1C(=O)CC([B])([B])C(N2Cc3cc(C([B])([B])NC(=O)C(F)(F)c4ccc(Cl)cc4)ccc3C2=O)C1=O. The van der Waals surface area contributed by atoms with Crippen LogP contribution in [0, 0.1) is 0 Å². The van der Waals surface area contributed by atoms with Gasteiger partial charge in [0, 0.05) is 29.1 Å². The minimum Gasteiger partial charge on any atom is -0.358 e. The molecule has 1 fully saturated rings. The van der Waals surface area contributed by atoms with Gasteiger partial charge in [-0.25, -0.2) is 0 Å². The van der Waals surface area contributed by atoms with Crippen LogP contribution in [0.4, 0.5) is 8.78 Å². The number of nitrogens with one attached hydrogen (secondary N) is 1. The lowest BCUT2D eigenvalue weighted by molar-refractivity contribution is -0.148. The number of piperidine rings is 1. The van der Waals surface area contributed by atoms with Crippen LogP contribution in [0.2, 0.25) is 10.2 Å². The second-order valence-electron chi connectivity index (χ2n) is 9.00. The van der Waals surface area contributed by atoms with Crippen LogP contribution in [0.3, 0.4) is 0 Å². The lowest BCUT2D eigenvalue weighted by Gasteiger charge is -2.45. The van der Waals surface area contributed by atoms with Crippen LogP contribution in [-0.4, -0.2) is 78.7 Å². The first-order valence-electron chi connectivity index (χ1n) is 10.7. The zero-order chi connectivity index (χ0) is 27.5. The zero-order valence-electron chi connectivity index (χ0n) is 19.1. The largest absolute Gasteiger partial charge is 0.358 e. The van der Waals surface area contributed by atoms with Crippen LogP contribution in [0.25, 0.3) is 0 Å². The molecular formula is C22H13B5ClF2N3O4. The van der Waals surface area contributed by atoms with E-state index >= 15 is 0 Å². The van der Waals surface area contributed by atoms with Crippen LogP contribution in [0.15, 0.2) is 42.5 Å². The van der Waals surface area contributed by atoms with Gasteiger partial charge in [-0.2, -0.15) is 8.78 Å². The van der Waals surface area contributed by atoms with Crippen molar-refractivity contribution in [1.82, 2.24) is 15.0 Å². The summed E-state index contributed by atoms with van der Waals surface area (Å²) in [6.45, 7) is -0.207. The summed E-state index contributed by atoms with van der Waals surface area (Å²) in [5.41, 5.74) is -0.220. The van der Waals surface area contributed by atoms with Gasteiger partial charge in [-0.05, 0) is 34.7 Å². The number of benzene rings is 2. The van der Waals surface area contributed by atoms with Gasteiger partial charge in [0.25, 0.3) is 11.8 Å². The van der Waals surface area contributed by atoms with E-state index in [2.05, 4.69) is 0 Å². The molecule has 0 spiro atoms. The fraction of sp³-hybridized carbons (Fsp3) is 0.273. The topological polar surface area (TPSA) is 86.8 Å². The first-order chi connectivity index (χ1) is 17.1. The number of fused-ring (bicyclic) bond motifs is 1. The molecule has 1 saturated heterocycles. The van der Waals surface area contributed by atoms with E-state index in [0.717, 1.165) is 17.0 Å². The monoisotopic (exact) mass is 511 g/mol. The van der Waals surface area contributed by atoms with Crippen molar-refractivity contribution < 1.29 is 28.0 Å². The molecule has 2 aromatic rings. The Morgan fingerprint density at radius 3 is 2.27 bits per heavy atom. The van der Waals surface area contributed by atoms with Gasteiger partial charge in [0.1, 0.15) is 6.04 Å². The summed E-state index contributed by atoms with van der Waals surface area (Å²) < 4.78 is 29.4. The van der Waals surface area contributed by atoms with E-state index in [1.54, 1.807) is 0 Å². The van der Waals surface area contributed by atoms with E-state index in [0.29, 0.717) is 10.4 Å². The number of carbonyl (C=O) groups is 4. The number of halogens is 3. The molecular weight excluding hydrogens is 498 g/mol. The number of alkyl halides is 2. The average Bonchev–Trinajstić information content (AvgIpc) is 3.12. The fourth-order valence-electron chi connectivity index (χ4n) is 4.29. The van der Waals surface area contributed by atoms with Crippen molar-refractivity contribution in [3.05, 3.63) is 69.7 Å². The molecule has 2 heterocycles. The lowest BCUT2D eigenvalue weighted by Crippen LogP contribution is -2.60. The van der Waals surface area contributed by atoms with Gasteiger partial charge in [-0.15, -0.1) is 0 Å².